The van der Waals surface area contributed by atoms with Gasteiger partial charge in [0.2, 0.25) is 5.91 Å². The minimum absolute atomic E-state index is 0.334. The zero-order chi connectivity index (χ0) is 18.0. The van der Waals surface area contributed by atoms with Crippen molar-refractivity contribution in [2.45, 2.75) is 12.5 Å². The minimum Gasteiger partial charge on any atom is -0.325 e. The van der Waals surface area contributed by atoms with E-state index in [4.69, 9.17) is 0 Å². The Morgan fingerprint density at radius 2 is 1.76 bits per heavy atom. The summed E-state index contributed by atoms with van der Waals surface area (Å²) in [6.45, 7) is 1.30. The molecule has 1 saturated heterocycles. The summed E-state index contributed by atoms with van der Waals surface area (Å²) in [5.41, 5.74) is 0.124. The number of carbonyl (C=O) groups excluding carboxylic acids is 3. The molecule has 1 aliphatic heterocycles. The van der Waals surface area contributed by atoms with Gasteiger partial charge in [-0.3, -0.25) is 14.5 Å². The molecule has 128 valence electrons. The van der Waals surface area contributed by atoms with Gasteiger partial charge in [-0.25, -0.2) is 4.79 Å². The van der Waals surface area contributed by atoms with Gasteiger partial charge < -0.3 is 10.6 Å². The van der Waals surface area contributed by atoms with Crippen molar-refractivity contribution in [1.82, 2.24) is 10.2 Å². The standard InChI is InChI=1S/C18H16IN3O3/c1-18(12-5-3-2-4-6-12)16(24)22(17(25)21-18)11-15(23)20-14-9-7-13(19)8-10-14/h2-10H,11H2,1H3,(H,20,23)(H,21,25). The second-order valence-electron chi connectivity index (χ2n) is 5.87. The molecule has 0 spiro atoms. The smallest absolute Gasteiger partial charge is 0.325 e. The molecule has 1 aliphatic rings. The highest BCUT2D eigenvalue weighted by molar-refractivity contribution is 14.1. The van der Waals surface area contributed by atoms with Crippen molar-refractivity contribution in [2.75, 3.05) is 11.9 Å². The highest BCUT2D eigenvalue weighted by Crippen LogP contribution is 2.28. The zero-order valence-electron chi connectivity index (χ0n) is 13.5. The number of rotatable bonds is 4. The number of nitrogens with one attached hydrogen (secondary N) is 2. The van der Waals surface area contributed by atoms with Gasteiger partial charge in [-0.05, 0) is 59.3 Å². The maximum Gasteiger partial charge on any atom is 0.325 e. The van der Waals surface area contributed by atoms with Crippen molar-refractivity contribution in [3.8, 4) is 0 Å². The largest absolute Gasteiger partial charge is 0.325 e. The maximum atomic E-state index is 12.7. The number of carbonyl (C=O) groups is 3. The quantitative estimate of drug-likeness (QED) is 0.557. The summed E-state index contributed by atoms with van der Waals surface area (Å²) >= 11 is 2.17. The Morgan fingerprint density at radius 3 is 2.40 bits per heavy atom. The molecule has 0 aromatic heterocycles. The third kappa shape index (κ3) is 3.51. The predicted octanol–water partition coefficient (Wildman–Crippen LogP) is 2.70. The maximum absolute atomic E-state index is 12.7. The molecule has 1 heterocycles. The Labute approximate surface area is 158 Å². The molecule has 1 unspecified atom stereocenters. The van der Waals surface area contributed by atoms with E-state index in [0.717, 1.165) is 8.47 Å². The summed E-state index contributed by atoms with van der Waals surface area (Å²) in [6.07, 6.45) is 0. The average Bonchev–Trinajstić information content (AvgIpc) is 2.82. The normalized spacial score (nSPS) is 19.7. The van der Waals surface area contributed by atoms with Gasteiger partial charge in [0.05, 0.1) is 0 Å². The highest BCUT2D eigenvalue weighted by Gasteiger charge is 2.49. The summed E-state index contributed by atoms with van der Waals surface area (Å²) in [6, 6.07) is 15.6. The van der Waals surface area contributed by atoms with E-state index in [1.807, 2.05) is 18.2 Å². The van der Waals surface area contributed by atoms with E-state index in [-0.39, 0.29) is 6.54 Å². The lowest BCUT2D eigenvalue weighted by Gasteiger charge is -2.22. The van der Waals surface area contributed by atoms with Gasteiger partial charge in [-0.15, -0.1) is 0 Å². The molecule has 0 bridgehead atoms. The first kappa shape index (κ1) is 17.4. The van der Waals surface area contributed by atoms with Crippen LogP contribution in [0, 0.1) is 3.57 Å². The third-order valence-corrected chi connectivity index (χ3v) is 4.77. The molecule has 7 heteroatoms. The Morgan fingerprint density at radius 1 is 1.12 bits per heavy atom. The van der Waals surface area contributed by atoms with Crippen LogP contribution in [-0.2, 0) is 15.1 Å². The summed E-state index contributed by atoms with van der Waals surface area (Å²) in [5.74, 6) is -0.872. The average molecular weight is 449 g/mol. The molecule has 2 aromatic carbocycles. The molecule has 6 nitrogen and oxygen atoms in total. The van der Waals surface area contributed by atoms with Gasteiger partial charge in [0.15, 0.2) is 0 Å². The Hall–Kier alpha value is -2.42. The van der Waals surface area contributed by atoms with Crippen molar-refractivity contribution in [3.05, 3.63) is 63.7 Å². The third-order valence-electron chi connectivity index (χ3n) is 4.06. The molecular formula is C18H16IN3O3. The first-order valence-electron chi connectivity index (χ1n) is 7.65. The Kier molecular flexibility index (Phi) is 4.76. The van der Waals surface area contributed by atoms with E-state index >= 15 is 0 Å². The molecule has 25 heavy (non-hydrogen) atoms. The molecule has 1 fully saturated rings. The molecule has 4 amide bonds. The van der Waals surface area contributed by atoms with Crippen molar-refractivity contribution in [3.63, 3.8) is 0 Å². The van der Waals surface area contributed by atoms with E-state index in [9.17, 15) is 14.4 Å². The fraction of sp³-hybridized carbons (Fsp3) is 0.167. The molecule has 2 aromatic rings. The van der Waals surface area contributed by atoms with Gasteiger partial charge in [-0.1, -0.05) is 30.3 Å². The van der Waals surface area contributed by atoms with Crippen LogP contribution in [-0.4, -0.2) is 29.3 Å². The molecular weight excluding hydrogens is 433 g/mol. The molecule has 0 saturated carbocycles. The monoisotopic (exact) mass is 449 g/mol. The number of urea groups is 1. The van der Waals surface area contributed by atoms with Crippen LogP contribution in [0.1, 0.15) is 12.5 Å². The fourth-order valence-electron chi connectivity index (χ4n) is 2.69. The van der Waals surface area contributed by atoms with Crippen molar-refractivity contribution in [1.29, 1.82) is 0 Å². The fourth-order valence-corrected chi connectivity index (χ4v) is 3.04. The summed E-state index contributed by atoms with van der Waals surface area (Å²) in [4.78, 5) is 38.1. The second-order valence-corrected chi connectivity index (χ2v) is 7.11. The van der Waals surface area contributed by atoms with Crippen LogP contribution >= 0.6 is 22.6 Å². The number of hydrogen-bond acceptors (Lipinski definition) is 3. The van der Waals surface area contributed by atoms with Crippen LogP contribution in [0.4, 0.5) is 10.5 Å². The van der Waals surface area contributed by atoms with E-state index in [1.54, 1.807) is 43.3 Å². The van der Waals surface area contributed by atoms with Gasteiger partial charge in [-0.2, -0.15) is 0 Å². The summed E-state index contributed by atoms with van der Waals surface area (Å²) in [7, 11) is 0. The van der Waals surface area contributed by atoms with Crippen LogP contribution in [0.3, 0.4) is 0 Å². The number of imide groups is 1. The van der Waals surface area contributed by atoms with Crippen LogP contribution in [0.15, 0.2) is 54.6 Å². The molecule has 1 atom stereocenters. The van der Waals surface area contributed by atoms with Gasteiger partial charge in [0, 0.05) is 9.26 Å². The van der Waals surface area contributed by atoms with Crippen molar-refractivity contribution < 1.29 is 14.4 Å². The topological polar surface area (TPSA) is 78.5 Å². The summed E-state index contributed by atoms with van der Waals surface area (Å²) in [5, 5.41) is 5.37. The van der Waals surface area contributed by atoms with Gasteiger partial charge >= 0.3 is 6.03 Å². The van der Waals surface area contributed by atoms with Gasteiger partial charge in [0.25, 0.3) is 5.91 Å². The summed E-state index contributed by atoms with van der Waals surface area (Å²) < 4.78 is 1.04. The first-order valence-corrected chi connectivity index (χ1v) is 8.73. The van der Waals surface area contributed by atoms with E-state index < -0.39 is 23.4 Å². The number of halogens is 1. The molecule has 2 N–H and O–H groups in total. The molecule has 0 aliphatic carbocycles. The zero-order valence-corrected chi connectivity index (χ0v) is 15.6. The van der Waals surface area contributed by atoms with Crippen LogP contribution in [0.5, 0.6) is 0 Å². The van der Waals surface area contributed by atoms with Crippen LogP contribution < -0.4 is 10.6 Å². The van der Waals surface area contributed by atoms with E-state index in [0.29, 0.717) is 11.3 Å². The SMILES string of the molecule is CC1(c2ccccc2)NC(=O)N(CC(=O)Nc2ccc(I)cc2)C1=O. The highest BCUT2D eigenvalue weighted by atomic mass is 127. The molecule has 0 radical (unpaired) electrons. The lowest BCUT2D eigenvalue weighted by Crippen LogP contribution is -2.42. The van der Waals surface area contributed by atoms with Gasteiger partial charge in [0.1, 0.15) is 12.1 Å². The Bertz CT molecular complexity index is 823. The lowest BCUT2D eigenvalue weighted by atomic mass is 9.92. The number of hydrogen-bond donors (Lipinski definition) is 2. The van der Waals surface area contributed by atoms with Crippen LogP contribution in [0.25, 0.3) is 0 Å². The number of nitrogens with zero attached hydrogens (tertiary/aromatic N) is 1. The minimum atomic E-state index is -1.17. The van der Waals surface area contributed by atoms with Crippen molar-refractivity contribution >= 4 is 46.1 Å². The second kappa shape index (κ2) is 6.83. The predicted molar refractivity (Wildman–Crippen MR) is 102 cm³/mol. The first-order chi connectivity index (χ1) is 11.9. The molecule has 3 rings (SSSR count). The Balaban J connectivity index is 1.72. The number of anilines is 1. The number of benzene rings is 2. The lowest BCUT2D eigenvalue weighted by molar-refractivity contribution is -0.133. The van der Waals surface area contributed by atoms with Crippen LogP contribution in [0.2, 0.25) is 0 Å². The van der Waals surface area contributed by atoms with E-state index in [1.165, 1.54) is 0 Å². The number of amides is 4. The van der Waals surface area contributed by atoms with Crippen molar-refractivity contribution in [2.24, 2.45) is 0 Å². The van der Waals surface area contributed by atoms with E-state index in [2.05, 4.69) is 33.2 Å².